The van der Waals surface area contributed by atoms with Crippen LogP contribution in [0.3, 0.4) is 0 Å². The molecule has 0 saturated carbocycles. The van der Waals surface area contributed by atoms with E-state index in [-0.39, 0.29) is 41.0 Å². The number of carbonyl (C=O) groups is 3. The van der Waals surface area contributed by atoms with Gasteiger partial charge in [0.15, 0.2) is 0 Å². The van der Waals surface area contributed by atoms with Crippen LogP contribution in [0.2, 0.25) is 0 Å². The van der Waals surface area contributed by atoms with Crippen LogP contribution >= 0.6 is 0 Å². The van der Waals surface area contributed by atoms with E-state index in [0.717, 1.165) is 22.8 Å². The Morgan fingerprint density at radius 2 is 1.54 bits per heavy atom. The third kappa shape index (κ3) is 13.0. The van der Waals surface area contributed by atoms with Gasteiger partial charge >= 0.3 is 5.16 Å². The van der Waals surface area contributed by atoms with Gasteiger partial charge in [0.05, 0.1) is 18.1 Å². The summed E-state index contributed by atoms with van der Waals surface area (Å²) in [6, 6.07) is 14.0. The number of nitrogens with zero attached hydrogens (tertiary/aromatic N) is 2. The van der Waals surface area contributed by atoms with E-state index in [0.29, 0.717) is 44.6 Å². The van der Waals surface area contributed by atoms with Gasteiger partial charge in [-0.1, -0.05) is 96.8 Å². The Morgan fingerprint density at radius 1 is 0.840 bits per heavy atom. The first-order valence-corrected chi connectivity index (χ1v) is 19.4. The van der Waals surface area contributed by atoms with Gasteiger partial charge in [-0.2, -0.15) is 9.97 Å². The van der Waals surface area contributed by atoms with Gasteiger partial charge in [0.1, 0.15) is 11.8 Å². The SMILES string of the molecule is CCCC[C@H](NC(=O)[C@H](Cc1cccc2ccccc12)C[S+]([O-])c1ncccn1)C(=O)N[C@@H](CC(C)C)[C@@H](O)CC(CC)C(=O)NCC(C)C. The highest BCUT2D eigenvalue weighted by atomic mass is 32.2. The zero-order chi connectivity index (χ0) is 36.6. The number of aliphatic hydroxyl groups is 1. The molecule has 1 heterocycles. The van der Waals surface area contributed by atoms with Crippen molar-refractivity contribution in [3.8, 4) is 0 Å². The predicted molar refractivity (Wildman–Crippen MR) is 200 cm³/mol. The van der Waals surface area contributed by atoms with Crippen molar-refractivity contribution >= 4 is 39.7 Å². The quantitative estimate of drug-likeness (QED) is 0.0859. The molecular formula is C39H57N5O5S. The Balaban J connectivity index is 1.83. The molecule has 0 spiro atoms. The highest BCUT2D eigenvalue weighted by Crippen LogP contribution is 2.24. The number of rotatable bonds is 21. The third-order valence-corrected chi connectivity index (χ3v) is 10.2. The van der Waals surface area contributed by atoms with Crippen LogP contribution in [0.15, 0.2) is 66.1 Å². The molecule has 4 N–H and O–H groups in total. The molecule has 2 aromatic carbocycles. The number of carbonyl (C=O) groups excluding carboxylic acids is 3. The lowest BCUT2D eigenvalue weighted by Gasteiger charge is -2.30. The molecule has 11 heteroatoms. The summed E-state index contributed by atoms with van der Waals surface area (Å²) in [5, 5.41) is 22.6. The van der Waals surface area contributed by atoms with Gasteiger partial charge in [-0.25, -0.2) is 0 Å². The second-order valence-corrected chi connectivity index (χ2v) is 15.5. The van der Waals surface area contributed by atoms with Gasteiger partial charge in [0.2, 0.25) is 17.7 Å². The summed E-state index contributed by atoms with van der Waals surface area (Å²) in [5.41, 5.74) is 0.937. The standard InChI is InChI=1S/C39H57N5O5S/c1-7-9-18-33(38(48)44-34(21-26(3)4)35(45)23-28(8-2)36(46)42-24-27(5)6)43-37(47)31(25-50(49)39-40-19-13-20-41-39)22-30-16-12-15-29-14-10-11-17-32(29)30/h10-17,19-20,26-28,31,33-35,45H,7-9,18,21-25H2,1-6H3,(H,42,46)(H,43,47)(H,44,48)/t28?,31-,33+,34+,35+,50?/m1/s1. The molecule has 0 aliphatic rings. The minimum absolute atomic E-state index is 0.0207. The van der Waals surface area contributed by atoms with E-state index >= 15 is 0 Å². The van der Waals surface area contributed by atoms with Crippen LogP contribution in [-0.4, -0.2) is 67.8 Å². The topological polar surface area (TPSA) is 156 Å². The molecule has 3 rings (SSSR count). The zero-order valence-corrected chi connectivity index (χ0v) is 31.4. The van der Waals surface area contributed by atoms with E-state index in [9.17, 15) is 24.0 Å². The molecule has 6 atom stereocenters. The first-order chi connectivity index (χ1) is 23.9. The lowest BCUT2D eigenvalue weighted by molar-refractivity contribution is -0.132. The number of hydrogen-bond donors (Lipinski definition) is 4. The minimum Gasteiger partial charge on any atom is -0.609 e. The average molecular weight is 708 g/mol. The van der Waals surface area contributed by atoms with Crippen LogP contribution in [0.5, 0.6) is 0 Å². The van der Waals surface area contributed by atoms with E-state index < -0.39 is 41.2 Å². The summed E-state index contributed by atoms with van der Waals surface area (Å²) in [7, 11) is 0. The Kier molecular flexibility index (Phi) is 17.1. The number of aliphatic hydroxyl groups excluding tert-OH is 1. The van der Waals surface area contributed by atoms with E-state index in [1.165, 1.54) is 12.4 Å². The maximum atomic E-state index is 14.1. The van der Waals surface area contributed by atoms with Gasteiger partial charge in [0.25, 0.3) is 0 Å². The Bertz CT molecular complexity index is 1480. The van der Waals surface area contributed by atoms with Crippen molar-refractivity contribution in [2.24, 2.45) is 23.7 Å². The van der Waals surface area contributed by atoms with Crippen LogP contribution in [-0.2, 0) is 32.0 Å². The molecule has 3 amide bonds. The summed E-state index contributed by atoms with van der Waals surface area (Å²) in [5.74, 6) is -1.55. The lowest BCUT2D eigenvalue weighted by atomic mass is 9.90. The number of aromatic nitrogens is 2. The van der Waals surface area contributed by atoms with E-state index in [2.05, 4.69) is 25.9 Å². The van der Waals surface area contributed by atoms with E-state index in [1.807, 2.05) is 84.0 Å². The Hall–Kier alpha value is -3.54. The molecule has 2 unspecified atom stereocenters. The van der Waals surface area contributed by atoms with Gasteiger partial charge in [-0.3, -0.25) is 14.4 Å². The summed E-state index contributed by atoms with van der Waals surface area (Å²) < 4.78 is 13.4. The van der Waals surface area contributed by atoms with Crippen LogP contribution in [0.1, 0.15) is 85.6 Å². The Morgan fingerprint density at radius 3 is 2.20 bits per heavy atom. The predicted octanol–water partition coefficient (Wildman–Crippen LogP) is 5.35. The minimum atomic E-state index is -1.66. The van der Waals surface area contributed by atoms with Crippen LogP contribution < -0.4 is 16.0 Å². The van der Waals surface area contributed by atoms with Crippen molar-refractivity contribution in [2.75, 3.05) is 12.3 Å². The maximum absolute atomic E-state index is 14.1. The van der Waals surface area contributed by atoms with Gasteiger partial charge in [-0.05, 0) is 66.3 Å². The average Bonchev–Trinajstić information content (AvgIpc) is 3.10. The first-order valence-electron chi connectivity index (χ1n) is 18.1. The first kappa shape index (κ1) is 40.9. The molecule has 0 saturated heterocycles. The zero-order valence-electron chi connectivity index (χ0n) is 30.6. The monoisotopic (exact) mass is 707 g/mol. The molecule has 0 bridgehead atoms. The largest absolute Gasteiger partial charge is 0.609 e. The number of unbranched alkanes of at least 4 members (excludes halogenated alkanes) is 1. The number of fused-ring (bicyclic) bond motifs is 1. The lowest BCUT2D eigenvalue weighted by Crippen LogP contribution is -2.54. The van der Waals surface area contributed by atoms with E-state index in [4.69, 9.17) is 0 Å². The number of amides is 3. The van der Waals surface area contributed by atoms with Crippen LogP contribution in [0.4, 0.5) is 0 Å². The molecule has 0 fully saturated rings. The Labute approximate surface area is 301 Å². The molecule has 3 aromatic rings. The highest BCUT2D eigenvalue weighted by Gasteiger charge is 2.33. The molecule has 10 nitrogen and oxygen atoms in total. The van der Waals surface area contributed by atoms with Crippen molar-refractivity contribution in [3.63, 3.8) is 0 Å². The van der Waals surface area contributed by atoms with Crippen molar-refractivity contribution < 1.29 is 24.0 Å². The molecule has 1 aromatic heterocycles. The molecule has 50 heavy (non-hydrogen) atoms. The van der Waals surface area contributed by atoms with Crippen LogP contribution in [0, 0.1) is 23.7 Å². The maximum Gasteiger partial charge on any atom is 0.342 e. The van der Waals surface area contributed by atoms with Crippen LogP contribution in [0.25, 0.3) is 10.8 Å². The molecule has 0 aliphatic carbocycles. The van der Waals surface area contributed by atoms with Gasteiger partial charge in [-0.15, -0.1) is 0 Å². The number of nitrogens with one attached hydrogen (secondary N) is 3. The molecular weight excluding hydrogens is 651 g/mol. The fourth-order valence-corrected chi connectivity index (χ4v) is 7.20. The van der Waals surface area contributed by atoms with Gasteiger partial charge in [0, 0.05) is 36.0 Å². The number of hydrogen-bond acceptors (Lipinski definition) is 7. The molecule has 0 aliphatic heterocycles. The van der Waals surface area contributed by atoms with Crippen molar-refractivity contribution in [2.45, 2.75) is 110 Å². The fraction of sp³-hybridized carbons (Fsp3) is 0.564. The summed E-state index contributed by atoms with van der Waals surface area (Å²) >= 11 is -1.66. The smallest absolute Gasteiger partial charge is 0.342 e. The van der Waals surface area contributed by atoms with Crippen molar-refractivity contribution in [1.82, 2.24) is 25.9 Å². The fourth-order valence-electron chi connectivity index (χ4n) is 6.06. The van der Waals surface area contributed by atoms with E-state index in [1.54, 1.807) is 6.07 Å². The number of benzene rings is 2. The third-order valence-electron chi connectivity index (χ3n) is 8.89. The van der Waals surface area contributed by atoms with Crippen molar-refractivity contribution in [1.29, 1.82) is 0 Å². The van der Waals surface area contributed by atoms with Gasteiger partial charge < -0.3 is 25.6 Å². The highest BCUT2D eigenvalue weighted by molar-refractivity contribution is 7.91. The molecule has 0 radical (unpaired) electrons. The summed E-state index contributed by atoms with van der Waals surface area (Å²) in [4.78, 5) is 49.3. The molecule has 274 valence electrons. The van der Waals surface area contributed by atoms with Crippen molar-refractivity contribution in [3.05, 3.63) is 66.5 Å². The second kappa shape index (κ2) is 21.0. The normalized spacial score (nSPS) is 15.2. The summed E-state index contributed by atoms with van der Waals surface area (Å²) in [6.07, 6.45) is 5.59. The second-order valence-electron chi connectivity index (χ2n) is 14.1. The summed E-state index contributed by atoms with van der Waals surface area (Å²) in [6.45, 7) is 12.6.